The molecule has 100 valence electrons. The van der Waals surface area contributed by atoms with Crippen molar-refractivity contribution in [3.05, 3.63) is 34.3 Å². The molecular weight excluding hydrogens is 244 g/mol. The molecule has 1 unspecified atom stereocenters. The van der Waals surface area contributed by atoms with Gasteiger partial charge in [0, 0.05) is 24.2 Å². The first-order chi connectivity index (χ1) is 8.65. The Labute approximate surface area is 115 Å². The van der Waals surface area contributed by atoms with E-state index >= 15 is 0 Å². The average molecular weight is 267 g/mol. The van der Waals surface area contributed by atoms with Crippen molar-refractivity contribution in [2.24, 2.45) is 0 Å². The van der Waals surface area contributed by atoms with Crippen molar-refractivity contribution in [2.45, 2.75) is 38.8 Å². The Hall–Kier alpha value is -0.570. The molecule has 1 saturated heterocycles. The second-order valence-corrected chi connectivity index (χ2v) is 5.85. The van der Waals surface area contributed by atoms with Crippen LogP contribution in [0.5, 0.6) is 0 Å². The van der Waals surface area contributed by atoms with Crippen molar-refractivity contribution < 1.29 is 0 Å². The third-order valence-electron chi connectivity index (χ3n) is 3.69. The highest BCUT2D eigenvalue weighted by Gasteiger charge is 2.14. The summed E-state index contributed by atoms with van der Waals surface area (Å²) < 4.78 is 0. The van der Waals surface area contributed by atoms with Crippen LogP contribution in [0.1, 0.15) is 30.4 Å². The van der Waals surface area contributed by atoms with E-state index < -0.39 is 0 Å². The standard InChI is InChI=1S/C15H23ClN2/c1-12-9-14(16)7-6-13(12)10-18(2)11-15-5-3-4-8-17-15/h6-7,9,15,17H,3-5,8,10-11H2,1-2H3. The molecule has 0 amide bonds. The molecule has 1 aromatic rings. The number of hydrogen-bond acceptors (Lipinski definition) is 2. The van der Waals surface area contributed by atoms with E-state index in [2.05, 4.69) is 30.3 Å². The second kappa shape index (κ2) is 6.55. The number of benzene rings is 1. The molecule has 1 aliphatic heterocycles. The molecule has 3 heteroatoms. The average Bonchev–Trinajstić information content (AvgIpc) is 2.34. The Kier molecular flexibility index (Phi) is 5.04. The normalized spacial score (nSPS) is 20.3. The second-order valence-electron chi connectivity index (χ2n) is 5.41. The topological polar surface area (TPSA) is 15.3 Å². The molecule has 0 aromatic heterocycles. The van der Waals surface area contributed by atoms with Gasteiger partial charge in [-0.2, -0.15) is 0 Å². The molecule has 2 rings (SSSR count). The maximum atomic E-state index is 5.99. The third-order valence-corrected chi connectivity index (χ3v) is 3.92. The molecule has 2 nitrogen and oxygen atoms in total. The fourth-order valence-corrected chi connectivity index (χ4v) is 2.87. The van der Waals surface area contributed by atoms with Gasteiger partial charge in [0.05, 0.1) is 0 Å². The predicted octanol–water partition coefficient (Wildman–Crippen LogP) is 3.22. The summed E-state index contributed by atoms with van der Waals surface area (Å²) in [4.78, 5) is 2.40. The first-order valence-corrected chi connectivity index (χ1v) is 7.20. The summed E-state index contributed by atoms with van der Waals surface area (Å²) in [5.41, 5.74) is 2.66. The lowest BCUT2D eigenvalue weighted by Crippen LogP contribution is -2.42. The van der Waals surface area contributed by atoms with Crippen LogP contribution in [0.4, 0.5) is 0 Å². The van der Waals surface area contributed by atoms with Crippen molar-refractivity contribution in [1.29, 1.82) is 0 Å². The van der Waals surface area contributed by atoms with E-state index in [1.54, 1.807) is 0 Å². The van der Waals surface area contributed by atoms with Crippen LogP contribution in [0.2, 0.25) is 5.02 Å². The molecule has 1 heterocycles. The van der Waals surface area contributed by atoms with E-state index in [-0.39, 0.29) is 0 Å². The molecule has 0 radical (unpaired) electrons. The number of piperidine rings is 1. The number of nitrogens with zero attached hydrogens (tertiary/aromatic N) is 1. The lowest BCUT2D eigenvalue weighted by atomic mass is 10.0. The summed E-state index contributed by atoms with van der Waals surface area (Å²) in [6, 6.07) is 6.83. The number of rotatable bonds is 4. The van der Waals surface area contributed by atoms with Crippen molar-refractivity contribution in [3.8, 4) is 0 Å². The van der Waals surface area contributed by atoms with Gasteiger partial charge in [-0.05, 0) is 56.6 Å². The third kappa shape index (κ3) is 3.98. The molecule has 18 heavy (non-hydrogen) atoms. The summed E-state index contributed by atoms with van der Waals surface area (Å²) >= 11 is 5.99. The van der Waals surface area contributed by atoms with Gasteiger partial charge in [-0.1, -0.05) is 24.1 Å². The fraction of sp³-hybridized carbons (Fsp3) is 0.600. The van der Waals surface area contributed by atoms with Gasteiger partial charge < -0.3 is 10.2 Å². The first-order valence-electron chi connectivity index (χ1n) is 6.82. The van der Waals surface area contributed by atoms with Gasteiger partial charge in [0.2, 0.25) is 0 Å². The number of nitrogens with one attached hydrogen (secondary N) is 1. The van der Waals surface area contributed by atoms with Crippen molar-refractivity contribution >= 4 is 11.6 Å². The zero-order chi connectivity index (χ0) is 13.0. The van der Waals surface area contributed by atoms with E-state index in [9.17, 15) is 0 Å². The van der Waals surface area contributed by atoms with Gasteiger partial charge in [0.15, 0.2) is 0 Å². The van der Waals surface area contributed by atoms with Crippen molar-refractivity contribution in [3.63, 3.8) is 0 Å². The number of aryl methyl sites for hydroxylation is 1. The van der Waals surface area contributed by atoms with Crippen molar-refractivity contribution in [1.82, 2.24) is 10.2 Å². The molecule has 1 atom stereocenters. The van der Waals surface area contributed by atoms with E-state index in [0.717, 1.165) is 18.1 Å². The van der Waals surface area contributed by atoms with Crippen LogP contribution in [-0.4, -0.2) is 31.1 Å². The Bertz CT molecular complexity index is 386. The van der Waals surface area contributed by atoms with Crippen LogP contribution in [-0.2, 0) is 6.54 Å². The van der Waals surface area contributed by atoms with Crippen molar-refractivity contribution in [2.75, 3.05) is 20.1 Å². The molecular formula is C15H23ClN2. The Morgan fingerprint density at radius 2 is 2.22 bits per heavy atom. The van der Waals surface area contributed by atoms with Crippen LogP contribution >= 0.6 is 11.6 Å². The molecule has 0 aliphatic carbocycles. The highest BCUT2D eigenvalue weighted by atomic mass is 35.5. The van der Waals surface area contributed by atoms with Gasteiger partial charge >= 0.3 is 0 Å². The lowest BCUT2D eigenvalue weighted by molar-refractivity contribution is 0.256. The van der Waals surface area contributed by atoms with Gasteiger partial charge in [0.1, 0.15) is 0 Å². The van der Waals surface area contributed by atoms with E-state index in [1.165, 1.54) is 36.9 Å². The molecule has 0 spiro atoms. The van der Waals surface area contributed by atoms with E-state index in [4.69, 9.17) is 11.6 Å². The molecule has 0 saturated carbocycles. The minimum atomic E-state index is 0.663. The fourth-order valence-electron chi connectivity index (χ4n) is 2.65. The van der Waals surface area contributed by atoms with Crippen LogP contribution < -0.4 is 5.32 Å². The highest BCUT2D eigenvalue weighted by Crippen LogP contribution is 2.17. The zero-order valence-corrected chi connectivity index (χ0v) is 12.1. The zero-order valence-electron chi connectivity index (χ0n) is 11.4. The van der Waals surface area contributed by atoms with Gasteiger partial charge in [0.25, 0.3) is 0 Å². The maximum Gasteiger partial charge on any atom is 0.0408 e. The molecule has 1 N–H and O–H groups in total. The van der Waals surface area contributed by atoms with Gasteiger partial charge in [-0.25, -0.2) is 0 Å². The van der Waals surface area contributed by atoms with E-state index in [0.29, 0.717) is 6.04 Å². The minimum absolute atomic E-state index is 0.663. The monoisotopic (exact) mass is 266 g/mol. The molecule has 1 fully saturated rings. The summed E-state index contributed by atoms with van der Waals surface area (Å²) in [5.74, 6) is 0. The van der Waals surface area contributed by atoms with Gasteiger partial charge in [-0.3, -0.25) is 0 Å². The van der Waals surface area contributed by atoms with Crippen LogP contribution in [0.25, 0.3) is 0 Å². The summed E-state index contributed by atoms with van der Waals surface area (Å²) in [6.45, 7) is 5.44. The Morgan fingerprint density at radius 3 is 2.89 bits per heavy atom. The highest BCUT2D eigenvalue weighted by molar-refractivity contribution is 6.30. The van der Waals surface area contributed by atoms with Crippen LogP contribution in [0.3, 0.4) is 0 Å². The summed E-state index contributed by atoms with van der Waals surface area (Å²) in [6.07, 6.45) is 4.01. The van der Waals surface area contributed by atoms with Crippen LogP contribution in [0.15, 0.2) is 18.2 Å². The first kappa shape index (κ1) is 13.9. The molecule has 1 aromatic carbocycles. The number of halogens is 1. The quantitative estimate of drug-likeness (QED) is 0.900. The molecule has 0 bridgehead atoms. The Morgan fingerprint density at radius 1 is 1.39 bits per heavy atom. The number of hydrogen-bond donors (Lipinski definition) is 1. The minimum Gasteiger partial charge on any atom is -0.313 e. The SMILES string of the molecule is Cc1cc(Cl)ccc1CN(C)CC1CCCCN1. The van der Waals surface area contributed by atoms with E-state index in [1.807, 2.05) is 12.1 Å². The lowest BCUT2D eigenvalue weighted by Gasteiger charge is -2.28. The maximum absolute atomic E-state index is 5.99. The van der Waals surface area contributed by atoms with Gasteiger partial charge in [-0.15, -0.1) is 0 Å². The summed E-state index contributed by atoms with van der Waals surface area (Å²) in [5, 5.41) is 4.42. The number of likely N-dealkylation sites (N-methyl/N-ethyl adjacent to an activating group) is 1. The molecule has 1 aliphatic rings. The Balaban J connectivity index is 1.87. The largest absolute Gasteiger partial charge is 0.313 e. The smallest absolute Gasteiger partial charge is 0.0408 e. The predicted molar refractivity (Wildman–Crippen MR) is 78.2 cm³/mol. The van der Waals surface area contributed by atoms with Crippen LogP contribution in [0, 0.1) is 6.92 Å². The summed E-state index contributed by atoms with van der Waals surface area (Å²) in [7, 11) is 2.20.